The van der Waals surface area contributed by atoms with Gasteiger partial charge < -0.3 is 15.9 Å². The predicted molar refractivity (Wildman–Crippen MR) is 71.4 cm³/mol. The molecule has 0 aliphatic carbocycles. The summed E-state index contributed by atoms with van der Waals surface area (Å²) >= 11 is 0. The highest BCUT2D eigenvalue weighted by molar-refractivity contribution is 5.88. The molecule has 10 heteroatoms. The summed E-state index contributed by atoms with van der Waals surface area (Å²) in [6, 6.07) is -1.48. The van der Waals surface area contributed by atoms with Crippen molar-refractivity contribution in [1.29, 1.82) is 0 Å². The van der Waals surface area contributed by atoms with Crippen LogP contribution in [0, 0.1) is 0 Å². The van der Waals surface area contributed by atoms with Gasteiger partial charge in [-0.1, -0.05) is 0 Å². The van der Waals surface area contributed by atoms with Crippen LogP contribution in [0.15, 0.2) is 14.6 Å². The van der Waals surface area contributed by atoms with Gasteiger partial charge in [-0.25, -0.2) is 9.59 Å². The molecule has 1 atom stereocenters. The molecule has 21 heavy (non-hydrogen) atoms. The molecule has 1 unspecified atom stereocenters. The molecular formula is C11H14N4O6. The molecule has 1 aromatic heterocycles. The van der Waals surface area contributed by atoms with Gasteiger partial charge in [0.15, 0.2) is 6.04 Å². The monoisotopic (exact) mass is 298 g/mol. The van der Waals surface area contributed by atoms with Gasteiger partial charge in [0.25, 0.3) is 5.56 Å². The van der Waals surface area contributed by atoms with Gasteiger partial charge in [-0.05, 0) is 0 Å². The second-order valence-corrected chi connectivity index (χ2v) is 4.25. The Morgan fingerprint density at radius 2 is 1.90 bits per heavy atom. The van der Waals surface area contributed by atoms with Gasteiger partial charge in [-0.2, -0.15) is 0 Å². The maximum Gasteiger partial charge on any atom is 0.333 e. The molecule has 1 aromatic rings. The zero-order valence-corrected chi connectivity index (χ0v) is 11.3. The van der Waals surface area contributed by atoms with Crippen molar-refractivity contribution in [2.75, 3.05) is 0 Å². The summed E-state index contributed by atoms with van der Waals surface area (Å²) < 4.78 is 1.53. The molecule has 0 aliphatic heterocycles. The molecule has 0 fully saturated rings. The molecule has 10 nitrogen and oxygen atoms in total. The van der Waals surface area contributed by atoms with Crippen LogP contribution in [0.2, 0.25) is 0 Å². The van der Waals surface area contributed by atoms with E-state index in [1.54, 1.807) is 0 Å². The minimum atomic E-state index is -1.48. The zero-order valence-electron chi connectivity index (χ0n) is 11.3. The van der Waals surface area contributed by atoms with Gasteiger partial charge in [-0.3, -0.25) is 23.7 Å². The number of hydrogen-bond donors (Lipinski definition) is 3. The van der Waals surface area contributed by atoms with Gasteiger partial charge in [0.05, 0.1) is 6.42 Å². The SMILES string of the molecule is Cn1c(O)c(C=NC(CC(N)=O)C(=O)O)c(=O)n(C)c1=O. The van der Waals surface area contributed by atoms with Crippen molar-refractivity contribution in [3.8, 4) is 5.88 Å². The topological polar surface area (TPSA) is 157 Å². The third-order valence-corrected chi connectivity index (χ3v) is 2.73. The molecule has 0 aliphatic rings. The van der Waals surface area contributed by atoms with Crippen LogP contribution >= 0.6 is 0 Å². The summed E-state index contributed by atoms with van der Waals surface area (Å²) in [6.45, 7) is 0. The first-order valence-electron chi connectivity index (χ1n) is 5.70. The standard InChI is InChI=1S/C11H14N4O6/c1-14-8(17)5(9(18)15(2)11(14)21)4-13-6(10(19)20)3-7(12)16/h4,6,17H,3H2,1-2H3,(H2,12,16)(H,19,20). The van der Waals surface area contributed by atoms with E-state index in [2.05, 4.69) is 4.99 Å². The fraction of sp³-hybridized carbons (Fsp3) is 0.364. The van der Waals surface area contributed by atoms with E-state index in [9.17, 15) is 24.3 Å². The Balaban J connectivity index is 3.33. The highest BCUT2D eigenvalue weighted by Gasteiger charge is 2.19. The predicted octanol–water partition coefficient (Wildman–Crippen LogP) is -2.46. The number of carbonyl (C=O) groups excluding carboxylic acids is 1. The molecule has 0 bridgehead atoms. The average Bonchev–Trinajstić information content (AvgIpc) is 2.41. The number of aromatic nitrogens is 2. The van der Waals surface area contributed by atoms with Crippen molar-refractivity contribution in [3.63, 3.8) is 0 Å². The third kappa shape index (κ3) is 3.35. The van der Waals surface area contributed by atoms with Gasteiger partial charge in [0.2, 0.25) is 11.8 Å². The zero-order chi connectivity index (χ0) is 16.3. The summed E-state index contributed by atoms with van der Waals surface area (Å²) in [5.41, 5.74) is 2.93. The Bertz CT molecular complexity index is 729. The highest BCUT2D eigenvalue weighted by atomic mass is 16.4. The van der Waals surface area contributed by atoms with Crippen LogP contribution in [-0.4, -0.2) is 43.5 Å². The number of nitrogens with zero attached hydrogens (tertiary/aromatic N) is 3. The van der Waals surface area contributed by atoms with Crippen molar-refractivity contribution >= 4 is 18.1 Å². The van der Waals surface area contributed by atoms with E-state index in [0.717, 1.165) is 15.3 Å². The number of amides is 1. The van der Waals surface area contributed by atoms with Crippen LogP contribution < -0.4 is 17.0 Å². The van der Waals surface area contributed by atoms with E-state index in [1.165, 1.54) is 14.1 Å². The largest absolute Gasteiger partial charge is 0.494 e. The Kier molecular flexibility index (Phi) is 4.64. The number of aliphatic imine (C=N–C) groups is 1. The summed E-state index contributed by atoms with van der Waals surface area (Å²) in [6.07, 6.45) is 0.248. The maximum atomic E-state index is 11.8. The fourth-order valence-electron chi connectivity index (χ4n) is 1.53. The van der Waals surface area contributed by atoms with Gasteiger partial charge in [-0.15, -0.1) is 0 Å². The van der Waals surface area contributed by atoms with Crippen LogP contribution in [0.25, 0.3) is 0 Å². The first-order chi connectivity index (χ1) is 9.66. The summed E-state index contributed by atoms with van der Waals surface area (Å²) in [5, 5.41) is 18.6. The molecule has 0 aromatic carbocycles. The van der Waals surface area contributed by atoms with Crippen LogP contribution in [-0.2, 0) is 23.7 Å². The van der Waals surface area contributed by atoms with Gasteiger partial charge >= 0.3 is 11.7 Å². The molecule has 0 spiro atoms. The Labute approximate surface area is 117 Å². The lowest BCUT2D eigenvalue weighted by atomic mass is 10.2. The minimum Gasteiger partial charge on any atom is -0.494 e. The highest BCUT2D eigenvalue weighted by Crippen LogP contribution is 2.07. The molecule has 0 saturated heterocycles. The number of aromatic hydroxyl groups is 1. The van der Waals surface area contributed by atoms with Crippen LogP contribution in [0.4, 0.5) is 0 Å². The molecule has 1 amide bonds. The normalized spacial score (nSPS) is 12.5. The smallest absolute Gasteiger partial charge is 0.333 e. The molecular weight excluding hydrogens is 284 g/mol. The number of hydrogen-bond acceptors (Lipinski definition) is 6. The van der Waals surface area contributed by atoms with Crippen molar-refractivity contribution in [2.24, 2.45) is 24.8 Å². The fourth-order valence-corrected chi connectivity index (χ4v) is 1.53. The second-order valence-electron chi connectivity index (χ2n) is 4.25. The number of nitrogens with two attached hydrogens (primary N) is 1. The Morgan fingerprint density at radius 3 is 2.38 bits per heavy atom. The number of carboxylic acids is 1. The van der Waals surface area contributed by atoms with Crippen LogP contribution in [0.5, 0.6) is 5.88 Å². The Morgan fingerprint density at radius 1 is 1.33 bits per heavy atom. The number of carbonyl (C=O) groups is 2. The second kappa shape index (κ2) is 6.03. The van der Waals surface area contributed by atoms with E-state index in [-0.39, 0.29) is 5.56 Å². The summed E-state index contributed by atoms with van der Waals surface area (Å²) in [7, 11) is 2.42. The van der Waals surface area contributed by atoms with Crippen LogP contribution in [0.1, 0.15) is 12.0 Å². The molecule has 1 heterocycles. The summed E-state index contributed by atoms with van der Waals surface area (Å²) in [4.78, 5) is 48.5. The van der Waals surface area contributed by atoms with E-state index < -0.39 is 41.5 Å². The molecule has 1 rings (SSSR count). The quantitative estimate of drug-likeness (QED) is 0.511. The van der Waals surface area contributed by atoms with E-state index in [4.69, 9.17) is 10.8 Å². The number of aliphatic carboxylic acids is 1. The van der Waals surface area contributed by atoms with Crippen LogP contribution in [0.3, 0.4) is 0 Å². The van der Waals surface area contributed by atoms with Crippen molar-refractivity contribution in [1.82, 2.24) is 9.13 Å². The van der Waals surface area contributed by atoms with Gasteiger partial charge in [0.1, 0.15) is 5.56 Å². The van der Waals surface area contributed by atoms with E-state index >= 15 is 0 Å². The molecule has 4 N–H and O–H groups in total. The van der Waals surface area contributed by atoms with Crippen molar-refractivity contribution < 1.29 is 19.8 Å². The lowest BCUT2D eigenvalue weighted by Crippen LogP contribution is -2.38. The van der Waals surface area contributed by atoms with E-state index in [1.807, 2.05) is 0 Å². The molecule has 114 valence electrons. The maximum absolute atomic E-state index is 11.8. The minimum absolute atomic E-state index is 0.365. The first kappa shape index (κ1) is 16.1. The number of carboxylic acid groups (broad SMARTS) is 1. The van der Waals surface area contributed by atoms with Crippen molar-refractivity contribution in [2.45, 2.75) is 12.5 Å². The first-order valence-corrected chi connectivity index (χ1v) is 5.70. The Hall–Kier alpha value is -2.91. The van der Waals surface area contributed by atoms with Gasteiger partial charge in [0, 0.05) is 20.3 Å². The molecule has 0 saturated carbocycles. The third-order valence-electron chi connectivity index (χ3n) is 2.73. The van der Waals surface area contributed by atoms with E-state index in [0.29, 0.717) is 0 Å². The molecule has 0 radical (unpaired) electrons. The lowest BCUT2D eigenvalue weighted by Gasteiger charge is -2.08. The number of rotatable bonds is 5. The average molecular weight is 298 g/mol. The number of primary amides is 1. The summed E-state index contributed by atoms with van der Waals surface area (Å²) in [5.74, 6) is -2.95. The van der Waals surface area contributed by atoms with Crippen molar-refractivity contribution in [3.05, 3.63) is 26.4 Å². The lowest BCUT2D eigenvalue weighted by molar-refractivity contribution is -0.140.